The Morgan fingerprint density at radius 3 is 2.59 bits per heavy atom. The molecule has 0 atom stereocenters. The molecule has 3 rings (SSSR count). The number of benzene rings is 2. The van der Waals surface area contributed by atoms with Crippen LogP contribution in [0, 0.1) is 0 Å². The Morgan fingerprint density at radius 1 is 1.03 bits per heavy atom. The van der Waals surface area contributed by atoms with Crippen molar-refractivity contribution in [3.63, 3.8) is 0 Å². The molecule has 0 radical (unpaired) electrons. The molecule has 0 spiro atoms. The van der Waals surface area contributed by atoms with E-state index in [0.29, 0.717) is 29.0 Å². The first kappa shape index (κ1) is 20.7. The predicted molar refractivity (Wildman–Crippen MR) is 112 cm³/mol. The second-order valence-electron chi connectivity index (χ2n) is 6.20. The van der Waals surface area contributed by atoms with E-state index in [2.05, 4.69) is 15.5 Å². The Kier molecular flexibility index (Phi) is 7.52. The van der Waals surface area contributed by atoms with Crippen LogP contribution in [0.1, 0.15) is 17.9 Å². The van der Waals surface area contributed by atoms with Crippen molar-refractivity contribution in [3.05, 3.63) is 60.0 Å². The van der Waals surface area contributed by atoms with Crippen molar-refractivity contribution in [2.24, 2.45) is 0 Å². The first-order valence-electron chi connectivity index (χ1n) is 9.19. The third-order valence-corrected chi connectivity index (χ3v) is 4.99. The van der Waals surface area contributed by atoms with Crippen molar-refractivity contribution >= 4 is 23.4 Å². The number of ether oxygens (including phenoxy) is 2. The molecule has 29 heavy (non-hydrogen) atoms. The number of carbonyl (C=O) groups excluding carboxylic acids is 1. The Balaban J connectivity index is 1.42. The van der Waals surface area contributed by atoms with Gasteiger partial charge in [-0.15, -0.1) is 10.2 Å². The first-order valence-corrected chi connectivity index (χ1v) is 10.2. The summed E-state index contributed by atoms with van der Waals surface area (Å²) in [5, 5.41) is 11.3. The second kappa shape index (κ2) is 10.5. The number of aryl methyl sites for hydroxylation is 2. The fourth-order valence-electron chi connectivity index (χ4n) is 2.69. The zero-order valence-corrected chi connectivity index (χ0v) is 17.2. The molecular formula is C21H23N3O4S. The van der Waals surface area contributed by atoms with Crippen LogP contribution in [0.25, 0.3) is 0 Å². The number of rotatable bonds is 10. The lowest BCUT2D eigenvalue weighted by Crippen LogP contribution is -2.14. The summed E-state index contributed by atoms with van der Waals surface area (Å²) in [7, 11) is 3.22. The summed E-state index contributed by atoms with van der Waals surface area (Å²) in [6.45, 7) is 0. The van der Waals surface area contributed by atoms with Crippen molar-refractivity contribution in [1.29, 1.82) is 0 Å². The fraction of sp³-hybridized carbons (Fsp3) is 0.286. The van der Waals surface area contributed by atoms with Crippen molar-refractivity contribution < 1.29 is 18.7 Å². The van der Waals surface area contributed by atoms with E-state index in [1.807, 2.05) is 36.4 Å². The van der Waals surface area contributed by atoms with Crippen molar-refractivity contribution in [3.8, 4) is 11.5 Å². The summed E-state index contributed by atoms with van der Waals surface area (Å²) in [6, 6.07) is 15.3. The van der Waals surface area contributed by atoms with Gasteiger partial charge in [0.1, 0.15) is 11.5 Å². The Morgan fingerprint density at radius 2 is 1.83 bits per heavy atom. The molecule has 0 fully saturated rings. The number of hydrogen-bond donors (Lipinski definition) is 1. The summed E-state index contributed by atoms with van der Waals surface area (Å²) in [5.74, 6) is 2.04. The molecule has 0 aliphatic rings. The van der Waals surface area contributed by atoms with E-state index in [1.165, 1.54) is 17.3 Å². The molecule has 8 heteroatoms. The van der Waals surface area contributed by atoms with Crippen LogP contribution in [-0.2, 0) is 17.6 Å². The van der Waals surface area contributed by atoms with E-state index in [9.17, 15) is 4.79 Å². The van der Waals surface area contributed by atoms with E-state index in [-0.39, 0.29) is 11.7 Å². The van der Waals surface area contributed by atoms with Crippen molar-refractivity contribution in [1.82, 2.24) is 10.2 Å². The highest BCUT2D eigenvalue weighted by Gasteiger charge is 2.11. The largest absolute Gasteiger partial charge is 0.497 e. The maximum atomic E-state index is 12.1. The van der Waals surface area contributed by atoms with Crippen LogP contribution >= 0.6 is 11.8 Å². The number of methoxy groups -OCH3 is 2. The molecule has 7 nitrogen and oxygen atoms in total. The van der Waals surface area contributed by atoms with Crippen molar-refractivity contribution in [2.45, 2.75) is 24.5 Å². The third kappa shape index (κ3) is 6.25. The topological polar surface area (TPSA) is 86.5 Å². The van der Waals surface area contributed by atoms with Crippen molar-refractivity contribution in [2.75, 3.05) is 25.3 Å². The Hall–Kier alpha value is -3.00. The minimum absolute atomic E-state index is 0.168. The molecule has 152 valence electrons. The summed E-state index contributed by atoms with van der Waals surface area (Å²) in [6.07, 6.45) is 2.50. The highest BCUT2D eigenvalue weighted by atomic mass is 32.2. The van der Waals surface area contributed by atoms with Gasteiger partial charge in [-0.2, -0.15) is 0 Å². The van der Waals surface area contributed by atoms with Gasteiger partial charge in [0, 0.05) is 6.42 Å². The van der Waals surface area contributed by atoms with Crippen LogP contribution in [0.15, 0.2) is 58.2 Å². The van der Waals surface area contributed by atoms with E-state index in [4.69, 9.17) is 13.9 Å². The lowest BCUT2D eigenvalue weighted by Gasteiger charge is -2.08. The Bertz CT molecular complexity index is 928. The molecule has 0 saturated carbocycles. The molecule has 1 aromatic heterocycles. The van der Waals surface area contributed by atoms with Crippen LogP contribution in [0.5, 0.6) is 11.5 Å². The number of nitrogens with zero attached hydrogens (tertiary/aromatic N) is 2. The van der Waals surface area contributed by atoms with Gasteiger partial charge in [0.05, 0.1) is 25.7 Å². The van der Waals surface area contributed by atoms with E-state index in [0.717, 1.165) is 18.6 Å². The molecule has 1 amide bonds. The minimum atomic E-state index is -0.168. The molecule has 1 heterocycles. The standard InChI is InChI=1S/C21H23N3O4S/c1-26-16-12-10-15(11-13-16)6-5-9-20-23-24-21(28-20)29-14-19(25)22-17-7-3-4-8-18(17)27-2/h3-4,7-8,10-13H,5-6,9,14H2,1-2H3,(H,22,25). The quantitative estimate of drug-likeness (QED) is 0.503. The molecule has 0 unspecified atom stereocenters. The number of anilines is 1. The molecule has 1 N–H and O–H groups in total. The molecule has 0 bridgehead atoms. The first-order chi connectivity index (χ1) is 14.2. The molecule has 0 aliphatic carbocycles. The fourth-order valence-corrected chi connectivity index (χ4v) is 3.28. The average Bonchev–Trinajstić information content (AvgIpc) is 3.21. The summed E-state index contributed by atoms with van der Waals surface area (Å²) in [4.78, 5) is 12.1. The van der Waals surface area contributed by atoms with Gasteiger partial charge in [0.2, 0.25) is 11.8 Å². The van der Waals surface area contributed by atoms with Gasteiger partial charge in [0.15, 0.2) is 0 Å². The van der Waals surface area contributed by atoms with E-state index in [1.54, 1.807) is 26.4 Å². The number of carbonyl (C=O) groups is 1. The van der Waals surface area contributed by atoms with Crippen LogP contribution in [-0.4, -0.2) is 36.1 Å². The number of amides is 1. The molecule has 3 aromatic rings. The number of aromatic nitrogens is 2. The van der Waals surface area contributed by atoms with E-state index < -0.39 is 0 Å². The predicted octanol–water partition coefficient (Wildman–Crippen LogP) is 3.99. The third-order valence-electron chi connectivity index (χ3n) is 4.17. The van der Waals surface area contributed by atoms with Gasteiger partial charge in [-0.05, 0) is 42.7 Å². The average molecular weight is 413 g/mol. The maximum absolute atomic E-state index is 12.1. The van der Waals surface area contributed by atoms with Gasteiger partial charge in [-0.3, -0.25) is 4.79 Å². The molecular weight excluding hydrogens is 390 g/mol. The Labute approximate surface area is 173 Å². The van der Waals surface area contributed by atoms with Gasteiger partial charge in [-0.25, -0.2) is 0 Å². The van der Waals surface area contributed by atoms with Gasteiger partial charge in [0.25, 0.3) is 5.22 Å². The second-order valence-corrected chi connectivity index (χ2v) is 7.13. The SMILES string of the molecule is COc1ccc(CCCc2nnc(SCC(=O)Nc3ccccc3OC)o2)cc1. The van der Waals surface area contributed by atoms with E-state index >= 15 is 0 Å². The normalized spacial score (nSPS) is 10.6. The number of nitrogens with one attached hydrogen (secondary N) is 1. The summed E-state index contributed by atoms with van der Waals surface area (Å²) >= 11 is 1.21. The summed E-state index contributed by atoms with van der Waals surface area (Å²) in [5.41, 5.74) is 1.86. The van der Waals surface area contributed by atoms with Gasteiger partial charge < -0.3 is 19.2 Å². The number of para-hydroxylation sites is 2. The zero-order valence-electron chi connectivity index (χ0n) is 16.4. The van der Waals surface area contributed by atoms with Crippen LogP contribution < -0.4 is 14.8 Å². The minimum Gasteiger partial charge on any atom is -0.497 e. The maximum Gasteiger partial charge on any atom is 0.277 e. The monoisotopic (exact) mass is 413 g/mol. The smallest absolute Gasteiger partial charge is 0.277 e. The highest BCUT2D eigenvalue weighted by molar-refractivity contribution is 7.99. The zero-order chi connectivity index (χ0) is 20.5. The molecule has 0 aliphatic heterocycles. The number of thioether (sulfide) groups is 1. The van der Waals surface area contributed by atoms with Gasteiger partial charge >= 0.3 is 0 Å². The lowest BCUT2D eigenvalue weighted by molar-refractivity contribution is -0.113. The highest BCUT2D eigenvalue weighted by Crippen LogP contribution is 2.24. The molecule has 2 aromatic carbocycles. The lowest BCUT2D eigenvalue weighted by atomic mass is 10.1. The van der Waals surface area contributed by atoms with Crippen LogP contribution in [0.2, 0.25) is 0 Å². The van der Waals surface area contributed by atoms with Crippen LogP contribution in [0.4, 0.5) is 5.69 Å². The number of hydrogen-bond acceptors (Lipinski definition) is 7. The van der Waals surface area contributed by atoms with Crippen LogP contribution in [0.3, 0.4) is 0 Å². The molecule has 0 saturated heterocycles. The van der Waals surface area contributed by atoms with Gasteiger partial charge in [-0.1, -0.05) is 36.0 Å². The summed E-state index contributed by atoms with van der Waals surface area (Å²) < 4.78 is 16.0.